The second kappa shape index (κ2) is 6.51. The zero-order chi connectivity index (χ0) is 18.3. The zero-order valence-corrected chi connectivity index (χ0v) is 16.2. The molecule has 0 atom stereocenters. The first-order chi connectivity index (χ1) is 11.9. The second-order valence-corrected chi connectivity index (χ2v) is 7.01. The van der Waals surface area contributed by atoms with Gasteiger partial charge in [-0.25, -0.2) is 9.97 Å². The molecule has 25 heavy (non-hydrogen) atoms. The fourth-order valence-electron chi connectivity index (χ4n) is 3.67. The van der Waals surface area contributed by atoms with Gasteiger partial charge in [0.05, 0.1) is 0 Å². The van der Waals surface area contributed by atoms with Crippen molar-refractivity contribution >= 4 is 11.3 Å². The molecule has 2 heterocycles. The number of nitrogens with two attached hydrogens (primary N) is 1. The van der Waals surface area contributed by atoms with Crippen LogP contribution in [-0.2, 0) is 6.42 Å². The van der Waals surface area contributed by atoms with Crippen LogP contribution in [0.1, 0.15) is 53.4 Å². The monoisotopic (exact) mass is 336 g/mol. The van der Waals surface area contributed by atoms with Crippen molar-refractivity contribution in [1.82, 2.24) is 14.4 Å². The smallest absolute Gasteiger partial charge is 0.150 e. The van der Waals surface area contributed by atoms with E-state index in [2.05, 4.69) is 50.9 Å². The predicted octanol–water partition coefficient (Wildman–Crippen LogP) is 4.86. The minimum absolute atomic E-state index is 0.544. The molecule has 0 aliphatic rings. The summed E-state index contributed by atoms with van der Waals surface area (Å²) in [6.07, 6.45) is 6.94. The van der Waals surface area contributed by atoms with E-state index < -0.39 is 0 Å². The Balaban J connectivity index is 2.38. The normalized spacial score (nSPS) is 11.4. The van der Waals surface area contributed by atoms with Gasteiger partial charge < -0.3 is 5.73 Å². The highest BCUT2D eigenvalue weighted by Gasteiger charge is 2.21. The largest absolute Gasteiger partial charge is 0.382 e. The fourth-order valence-corrected chi connectivity index (χ4v) is 3.67. The van der Waals surface area contributed by atoms with E-state index in [0.29, 0.717) is 5.82 Å². The van der Waals surface area contributed by atoms with Gasteiger partial charge in [0.1, 0.15) is 22.9 Å². The van der Waals surface area contributed by atoms with Gasteiger partial charge in [-0.05, 0) is 68.9 Å². The second-order valence-electron chi connectivity index (χ2n) is 7.01. The molecule has 0 bridgehead atoms. The highest BCUT2D eigenvalue weighted by atomic mass is 15.1. The van der Waals surface area contributed by atoms with Crippen LogP contribution in [0.4, 0.5) is 5.82 Å². The van der Waals surface area contributed by atoms with Crippen LogP contribution in [0.15, 0.2) is 12.4 Å². The number of nitrogen functional groups attached to an aromatic ring is 1. The van der Waals surface area contributed by atoms with Crippen LogP contribution in [0, 0.1) is 34.6 Å². The average molecular weight is 336 g/mol. The number of imidazole rings is 1. The number of fused-ring (bicyclic) bond motifs is 1. The summed E-state index contributed by atoms with van der Waals surface area (Å²) in [4.78, 5) is 9.36. The van der Waals surface area contributed by atoms with Gasteiger partial charge in [0.2, 0.25) is 0 Å². The van der Waals surface area contributed by atoms with Crippen molar-refractivity contribution in [3.63, 3.8) is 0 Å². The van der Waals surface area contributed by atoms with Crippen molar-refractivity contribution in [2.75, 3.05) is 5.73 Å². The van der Waals surface area contributed by atoms with Crippen LogP contribution in [-0.4, -0.2) is 14.4 Å². The molecule has 0 aliphatic heterocycles. The molecule has 0 saturated carbocycles. The molecule has 0 aliphatic carbocycles. The van der Waals surface area contributed by atoms with Crippen LogP contribution >= 0.6 is 0 Å². The summed E-state index contributed by atoms with van der Waals surface area (Å²) in [7, 11) is 0. The Morgan fingerprint density at radius 3 is 2.16 bits per heavy atom. The molecule has 0 fully saturated rings. The molecule has 0 saturated heterocycles. The standard InChI is InChI=1S/C21H28N4/c1-7-8-9-17-24-19(20-21(22)23-10-11-25(17)20)18-15(5)13(3)12(2)14(4)16(18)6/h10-11H,7-9H2,1-6H3,(H2,22,23). The number of rotatable bonds is 4. The quantitative estimate of drug-likeness (QED) is 0.740. The molecule has 132 valence electrons. The maximum absolute atomic E-state index is 6.27. The summed E-state index contributed by atoms with van der Waals surface area (Å²) >= 11 is 0. The summed E-state index contributed by atoms with van der Waals surface area (Å²) in [6, 6.07) is 0. The highest BCUT2D eigenvalue weighted by molar-refractivity contribution is 5.89. The Bertz CT molecular complexity index is 921. The lowest BCUT2D eigenvalue weighted by Gasteiger charge is -2.18. The van der Waals surface area contributed by atoms with Gasteiger partial charge in [0, 0.05) is 24.4 Å². The van der Waals surface area contributed by atoms with E-state index in [1.807, 2.05) is 6.20 Å². The zero-order valence-electron chi connectivity index (χ0n) is 16.2. The number of nitrogens with zero attached hydrogens (tertiary/aromatic N) is 3. The predicted molar refractivity (Wildman–Crippen MR) is 105 cm³/mol. The van der Waals surface area contributed by atoms with Gasteiger partial charge in [-0.3, -0.25) is 4.40 Å². The maximum Gasteiger partial charge on any atom is 0.150 e. The third-order valence-electron chi connectivity index (χ3n) is 5.65. The third-order valence-corrected chi connectivity index (χ3v) is 5.65. The van der Waals surface area contributed by atoms with Crippen molar-refractivity contribution < 1.29 is 0 Å². The van der Waals surface area contributed by atoms with Gasteiger partial charge in [-0.1, -0.05) is 13.3 Å². The molecule has 2 aromatic heterocycles. The molecule has 0 radical (unpaired) electrons. The van der Waals surface area contributed by atoms with E-state index in [1.165, 1.54) is 33.4 Å². The lowest BCUT2D eigenvalue weighted by molar-refractivity contribution is 0.749. The third kappa shape index (κ3) is 2.70. The highest BCUT2D eigenvalue weighted by Crippen LogP contribution is 2.37. The van der Waals surface area contributed by atoms with Crippen molar-refractivity contribution in [1.29, 1.82) is 0 Å². The van der Waals surface area contributed by atoms with E-state index in [0.717, 1.165) is 36.3 Å². The molecular formula is C21H28N4. The summed E-state index contributed by atoms with van der Waals surface area (Å²) in [5.41, 5.74) is 16.0. The lowest BCUT2D eigenvalue weighted by Crippen LogP contribution is -2.01. The Morgan fingerprint density at radius 1 is 0.960 bits per heavy atom. The lowest BCUT2D eigenvalue weighted by atomic mass is 9.88. The molecule has 2 N–H and O–H groups in total. The van der Waals surface area contributed by atoms with Crippen molar-refractivity contribution in [3.8, 4) is 11.3 Å². The van der Waals surface area contributed by atoms with E-state index in [4.69, 9.17) is 10.7 Å². The molecule has 4 heteroatoms. The minimum Gasteiger partial charge on any atom is -0.382 e. The van der Waals surface area contributed by atoms with Gasteiger partial charge in [-0.2, -0.15) is 0 Å². The number of anilines is 1. The van der Waals surface area contributed by atoms with E-state index in [9.17, 15) is 0 Å². The van der Waals surface area contributed by atoms with Crippen molar-refractivity contribution in [2.45, 2.75) is 60.8 Å². The Morgan fingerprint density at radius 2 is 1.56 bits per heavy atom. The summed E-state index contributed by atoms with van der Waals surface area (Å²) in [5.74, 6) is 1.61. The molecule has 0 unspecified atom stereocenters. The Kier molecular flexibility index (Phi) is 4.55. The van der Waals surface area contributed by atoms with Crippen molar-refractivity contribution in [2.24, 2.45) is 0 Å². The molecular weight excluding hydrogens is 308 g/mol. The topological polar surface area (TPSA) is 56.2 Å². The number of benzene rings is 1. The number of unbranched alkanes of at least 4 members (excludes halogenated alkanes) is 1. The Hall–Kier alpha value is -2.36. The molecule has 0 spiro atoms. The molecule has 1 aromatic carbocycles. The maximum atomic E-state index is 6.27. The molecule has 3 aromatic rings. The van der Waals surface area contributed by atoms with Crippen molar-refractivity contribution in [3.05, 3.63) is 46.0 Å². The van der Waals surface area contributed by atoms with E-state index >= 15 is 0 Å². The van der Waals surface area contributed by atoms with Gasteiger partial charge >= 0.3 is 0 Å². The van der Waals surface area contributed by atoms with Gasteiger partial charge in [-0.15, -0.1) is 0 Å². The first-order valence-corrected chi connectivity index (χ1v) is 9.07. The van der Waals surface area contributed by atoms with Crippen LogP contribution in [0.5, 0.6) is 0 Å². The van der Waals surface area contributed by atoms with Crippen LogP contribution in [0.3, 0.4) is 0 Å². The molecule has 3 rings (SSSR count). The SMILES string of the molecule is CCCCc1nc(-c2c(C)c(C)c(C)c(C)c2C)c2c(N)nccn12. The Labute approximate surface area is 150 Å². The summed E-state index contributed by atoms with van der Waals surface area (Å²) in [6.45, 7) is 13.2. The van der Waals surface area contributed by atoms with Crippen LogP contribution in [0.2, 0.25) is 0 Å². The first kappa shape index (κ1) is 17.5. The summed E-state index contributed by atoms with van der Waals surface area (Å²) < 4.78 is 2.12. The molecule has 4 nitrogen and oxygen atoms in total. The van der Waals surface area contributed by atoms with Crippen LogP contribution in [0.25, 0.3) is 16.8 Å². The first-order valence-electron chi connectivity index (χ1n) is 9.07. The van der Waals surface area contributed by atoms with Gasteiger partial charge in [0.15, 0.2) is 0 Å². The number of hydrogen-bond acceptors (Lipinski definition) is 3. The minimum atomic E-state index is 0.544. The van der Waals surface area contributed by atoms with E-state index in [-0.39, 0.29) is 0 Å². The fraction of sp³-hybridized carbons (Fsp3) is 0.429. The van der Waals surface area contributed by atoms with Crippen LogP contribution < -0.4 is 5.73 Å². The van der Waals surface area contributed by atoms with E-state index in [1.54, 1.807) is 6.20 Å². The average Bonchev–Trinajstić information content (AvgIpc) is 2.96. The van der Waals surface area contributed by atoms with Gasteiger partial charge in [0.25, 0.3) is 0 Å². The number of aromatic nitrogens is 3. The summed E-state index contributed by atoms with van der Waals surface area (Å²) in [5, 5.41) is 0. The number of aryl methyl sites for hydroxylation is 1. The molecule has 0 amide bonds. The number of hydrogen-bond donors (Lipinski definition) is 1.